The minimum Gasteiger partial charge on any atom is -0.377 e. The summed E-state index contributed by atoms with van der Waals surface area (Å²) in [5.74, 6) is 1.75. The standard InChI is InChI=1S/C14H27NO/c1-11-7-9-14(16-3,10-8-11)13(15-2)12-5-4-6-12/h11-13,15H,4-10H2,1-3H3. The number of ether oxygens (including phenoxy) is 1. The number of methoxy groups -OCH3 is 1. The van der Waals surface area contributed by atoms with Gasteiger partial charge < -0.3 is 10.1 Å². The normalized spacial score (nSPS) is 38.1. The van der Waals surface area contributed by atoms with E-state index in [1.54, 1.807) is 0 Å². The van der Waals surface area contributed by atoms with Crippen LogP contribution in [-0.4, -0.2) is 25.8 Å². The zero-order chi connectivity index (χ0) is 11.6. The molecule has 0 spiro atoms. The number of hydrogen-bond donors (Lipinski definition) is 1. The first kappa shape index (κ1) is 12.4. The smallest absolute Gasteiger partial charge is 0.0833 e. The molecule has 2 aliphatic carbocycles. The molecule has 2 nitrogen and oxygen atoms in total. The van der Waals surface area contributed by atoms with Gasteiger partial charge in [0, 0.05) is 13.2 Å². The molecular formula is C14H27NO. The van der Waals surface area contributed by atoms with Gasteiger partial charge >= 0.3 is 0 Å². The van der Waals surface area contributed by atoms with Gasteiger partial charge in [-0.1, -0.05) is 13.3 Å². The highest BCUT2D eigenvalue weighted by Crippen LogP contribution is 2.43. The Kier molecular flexibility index (Phi) is 3.91. The van der Waals surface area contributed by atoms with Crippen LogP contribution in [0.4, 0.5) is 0 Å². The SMILES string of the molecule is CNC(C1CCC1)C1(OC)CCC(C)CC1. The van der Waals surface area contributed by atoms with E-state index in [1.165, 1.54) is 44.9 Å². The maximum Gasteiger partial charge on any atom is 0.0833 e. The highest BCUT2D eigenvalue weighted by atomic mass is 16.5. The lowest BCUT2D eigenvalue weighted by Crippen LogP contribution is -2.57. The highest BCUT2D eigenvalue weighted by Gasteiger charge is 2.45. The molecule has 2 heteroatoms. The van der Waals surface area contributed by atoms with Gasteiger partial charge in [-0.05, 0) is 57.4 Å². The molecule has 2 saturated carbocycles. The van der Waals surface area contributed by atoms with Crippen molar-refractivity contribution in [1.82, 2.24) is 5.32 Å². The van der Waals surface area contributed by atoms with E-state index in [0.717, 1.165) is 11.8 Å². The summed E-state index contributed by atoms with van der Waals surface area (Å²) < 4.78 is 5.97. The second kappa shape index (κ2) is 5.05. The van der Waals surface area contributed by atoms with Gasteiger partial charge in [0.15, 0.2) is 0 Å². The summed E-state index contributed by atoms with van der Waals surface area (Å²) in [6.07, 6.45) is 9.36. The van der Waals surface area contributed by atoms with Crippen molar-refractivity contribution in [3.63, 3.8) is 0 Å². The number of hydrogen-bond acceptors (Lipinski definition) is 2. The summed E-state index contributed by atoms with van der Waals surface area (Å²) in [5, 5.41) is 3.56. The van der Waals surface area contributed by atoms with Crippen molar-refractivity contribution in [3.8, 4) is 0 Å². The van der Waals surface area contributed by atoms with Crippen LogP contribution < -0.4 is 5.32 Å². The lowest BCUT2D eigenvalue weighted by atomic mass is 9.67. The van der Waals surface area contributed by atoms with E-state index >= 15 is 0 Å². The molecule has 0 amide bonds. The largest absolute Gasteiger partial charge is 0.377 e. The molecule has 94 valence electrons. The number of likely N-dealkylation sites (N-methyl/N-ethyl adjacent to an activating group) is 1. The van der Waals surface area contributed by atoms with E-state index in [0.29, 0.717) is 6.04 Å². The summed E-state index contributed by atoms with van der Waals surface area (Å²) in [4.78, 5) is 0. The molecule has 2 aliphatic rings. The number of rotatable bonds is 4. The van der Waals surface area contributed by atoms with Crippen LogP contribution in [0.1, 0.15) is 51.9 Å². The van der Waals surface area contributed by atoms with Crippen molar-refractivity contribution >= 4 is 0 Å². The van der Waals surface area contributed by atoms with Gasteiger partial charge in [-0.3, -0.25) is 0 Å². The van der Waals surface area contributed by atoms with Crippen LogP contribution in [0.3, 0.4) is 0 Å². The quantitative estimate of drug-likeness (QED) is 0.794. The van der Waals surface area contributed by atoms with E-state index in [9.17, 15) is 0 Å². The minimum absolute atomic E-state index is 0.131. The first-order chi connectivity index (χ1) is 7.72. The van der Waals surface area contributed by atoms with Crippen LogP contribution in [0.15, 0.2) is 0 Å². The van der Waals surface area contributed by atoms with Crippen LogP contribution in [0.25, 0.3) is 0 Å². The summed E-state index contributed by atoms with van der Waals surface area (Å²) in [6, 6.07) is 0.582. The molecule has 0 saturated heterocycles. The van der Waals surface area contributed by atoms with Crippen molar-refractivity contribution in [2.24, 2.45) is 11.8 Å². The van der Waals surface area contributed by atoms with Gasteiger partial charge in [0.05, 0.1) is 5.60 Å². The molecule has 0 aromatic rings. The fourth-order valence-electron chi connectivity index (χ4n) is 3.59. The van der Waals surface area contributed by atoms with Gasteiger partial charge in [0.1, 0.15) is 0 Å². The zero-order valence-corrected chi connectivity index (χ0v) is 11.1. The molecule has 0 radical (unpaired) electrons. The van der Waals surface area contributed by atoms with Crippen molar-refractivity contribution in [2.45, 2.75) is 63.5 Å². The average molecular weight is 225 g/mol. The fourth-order valence-corrected chi connectivity index (χ4v) is 3.59. The predicted octanol–water partition coefficient (Wildman–Crippen LogP) is 2.97. The van der Waals surface area contributed by atoms with Crippen molar-refractivity contribution in [3.05, 3.63) is 0 Å². The Morgan fingerprint density at radius 2 is 1.81 bits per heavy atom. The molecule has 0 bridgehead atoms. The molecule has 1 unspecified atom stereocenters. The van der Waals surface area contributed by atoms with E-state index in [4.69, 9.17) is 4.74 Å². The Balaban J connectivity index is 2.05. The molecule has 2 fully saturated rings. The van der Waals surface area contributed by atoms with Gasteiger partial charge in [0.25, 0.3) is 0 Å². The lowest BCUT2D eigenvalue weighted by molar-refractivity contribution is -0.0947. The Morgan fingerprint density at radius 1 is 1.19 bits per heavy atom. The molecule has 2 rings (SSSR count). The Morgan fingerprint density at radius 3 is 2.19 bits per heavy atom. The minimum atomic E-state index is 0.131. The van der Waals surface area contributed by atoms with Gasteiger partial charge in [-0.25, -0.2) is 0 Å². The van der Waals surface area contributed by atoms with Gasteiger partial charge in [-0.15, -0.1) is 0 Å². The maximum absolute atomic E-state index is 5.97. The molecule has 0 aromatic carbocycles. The van der Waals surface area contributed by atoms with E-state index in [1.807, 2.05) is 7.11 Å². The topological polar surface area (TPSA) is 21.3 Å². The molecular weight excluding hydrogens is 198 g/mol. The van der Waals surface area contributed by atoms with Crippen LogP contribution >= 0.6 is 0 Å². The Bertz CT molecular complexity index is 217. The summed E-state index contributed by atoms with van der Waals surface area (Å²) in [6.45, 7) is 2.37. The summed E-state index contributed by atoms with van der Waals surface area (Å²) in [7, 11) is 4.03. The predicted molar refractivity (Wildman–Crippen MR) is 67.6 cm³/mol. The Labute approximate surface area is 100 Å². The molecule has 1 atom stereocenters. The second-order valence-corrected chi connectivity index (χ2v) is 5.91. The second-order valence-electron chi connectivity index (χ2n) is 5.91. The first-order valence-corrected chi connectivity index (χ1v) is 6.94. The number of nitrogens with one attached hydrogen (secondary N) is 1. The summed E-state index contributed by atoms with van der Waals surface area (Å²) in [5.41, 5.74) is 0.131. The van der Waals surface area contributed by atoms with E-state index in [2.05, 4.69) is 19.3 Å². The summed E-state index contributed by atoms with van der Waals surface area (Å²) >= 11 is 0. The van der Waals surface area contributed by atoms with Crippen molar-refractivity contribution in [1.29, 1.82) is 0 Å². The zero-order valence-electron chi connectivity index (χ0n) is 11.1. The van der Waals surface area contributed by atoms with Crippen LogP contribution in [0.5, 0.6) is 0 Å². The Hall–Kier alpha value is -0.0800. The van der Waals surface area contributed by atoms with Gasteiger partial charge in [-0.2, -0.15) is 0 Å². The van der Waals surface area contributed by atoms with Crippen LogP contribution in [0, 0.1) is 11.8 Å². The third-order valence-corrected chi connectivity index (χ3v) is 5.03. The monoisotopic (exact) mass is 225 g/mol. The van der Waals surface area contributed by atoms with Crippen molar-refractivity contribution < 1.29 is 4.74 Å². The van der Waals surface area contributed by atoms with E-state index < -0.39 is 0 Å². The van der Waals surface area contributed by atoms with Crippen molar-refractivity contribution in [2.75, 3.05) is 14.2 Å². The molecule has 1 N–H and O–H groups in total. The highest BCUT2D eigenvalue weighted by molar-refractivity contribution is 5.00. The molecule has 16 heavy (non-hydrogen) atoms. The fraction of sp³-hybridized carbons (Fsp3) is 1.00. The van der Waals surface area contributed by atoms with Crippen LogP contribution in [0.2, 0.25) is 0 Å². The van der Waals surface area contributed by atoms with E-state index in [-0.39, 0.29) is 5.60 Å². The van der Waals surface area contributed by atoms with Gasteiger partial charge in [0.2, 0.25) is 0 Å². The third kappa shape index (κ3) is 2.14. The third-order valence-electron chi connectivity index (χ3n) is 5.03. The molecule has 0 aromatic heterocycles. The maximum atomic E-state index is 5.97. The van der Waals surface area contributed by atoms with Crippen LogP contribution in [-0.2, 0) is 4.74 Å². The molecule has 0 aliphatic heterocycles. The molecule has 0 heterocycles. The lowest BCUT2D eigenvalue weighted by Gasteiger charge is -2.49. The first-order valence-electron chi connectivity index (χ1n) is 6.94. The average Bonchev–Trinajstić information content (AvgIpc) is 2.25.